The van der Waals surface area contributed by atoms with Crippen LogP contribution in [0.15, 0.2) is 140 Å². The lowest BCUT2D eigenvalue weighted by Crippen LogP contribution is -2.37. The summed E-state index contributed by atoms with van der Waals surface area (Å²) < 4.78 is 0. The smallest absolute Gasteiger partial charge is 0.318 e. The van der Waals surface area contributed by atoms with Crippen LogP contribution in [0.25, 0.3) is 0 Å². The Balaban J connectivity index is 0.000000750. The molecule has 8 rings (SSSR count). The number of carbonyl (C=O) groups excluding carboxylic acids is 4. The average molecular weight is 935 g/mol. The maximum absolute atomic E-state index is 11.4. The van der Waals surface area contributed by atoms with Gasteiger partial charge in [-0.25, -0.2) is 4.79 Å². The fraction of sp³-hybridized carbons (Fsp3) is 0.411. The first-order chi connectivity index (χ1) is 32.3. The summed E-state index contributed by atoms with van der Waals surface area (Å²) in [4.78, 5) is 52.8. The summed E-state index contributed by atoms with van der Waals surface area (Å²) in [6.07, 6.45) is 13.7. The molecule has 0 radical (unpaired) electrons. The van der Waals surface area contributed by atoms with Gasteiger partial charge in [-0.15, -0.1) is 0 Å². The monoisotopic (exact) mass is 935 g/mol. The van der Waals surface area contributed by atoms with Crippen LogP contribution in [0.1, 0.15) is 87.0 Å². The zero-order chi connectivity index (χ0) is 51.1. The highest BCUT2D eigenvalue weighted by molar-refractivity contribution is 5.78. The Hall–Kier alpha value is -6.69. The first-order valence-corrected chi connectivity index (χ1v) is 23.4. The molecule has 3 aliphatic rings. The second-order valence-electron chi connectivity index (χ2n) is 16.9. The van der Waals surface area contributed by atoms with Gasteiger partial charge >= 0.3 is 6.03 Å². The third-order valence-corrected chi connectivity index (χ3v) is 10.1. The van der Waals surface area contributed by atoms with Crippen LogP contribution in [-0.4, -0.2) is 120 Å². The van der Waals surface area contributed by atoms with E-state index >= 15 is 0 Å². The largest absolute Gasteiger partial charge is 0.508 e. The van der Waals surface area contributed by atoms with E-state index in [1.807, 2.05) is 61.5 Å². The molecule has 2 aliphatic heterocycles. The maximum Gasteiger partial charge on any atom is 0.318 e. The molecular formula is C56H82N6O6. The first kappa shape index (κ1) is 61.3. The van der Waals surface area contributed by atoms with E-state index < -0.39 is 0 Å². The van der Waals surface area contributed by atoms with Gasteiger partial charge in [-0.3, -0.25) is 19.4 Å². The molecule has 0 bridgehead atoms. The second kappa shape index (κ2) is 38.4. The summed E-state index contributed by atoms with van der Waals surface area (Å²) in [5.74, 6) is 1.36. The van der Waals surface area contributed by atoms with Crippen LogP contribution < -0.4 is 5.32 Å². The van der Waals surface area contributed by atoms with Gasteiger partial charge in [0.1, 0.15) is 11.5 Å². The molecule has 372 valence electrons. The first-order valence-electron chi connectivity index (χ1n) is 23.4. The Bertz CT molecular complexity index is 1920. The summed E-state index contributed by atoms with van der Waals surface area (Å²) >= 11 is 0. The predicted octanol–water partition coefficient (Wildman–Crippen LogP) is 10.6. The van der Waals surface area contributed by atoms with Crippen molar-refractivity contribution in [2.45, 2.75) is 98.4 Å². The number of phenolic OH excluding ortho intramolecular Hbond substituents is 2. The van der Waals surface area contributed by atoms with Crippen molar-refractivity contribution in [3.63, 3.8) is 0 Å². The predicted molar refractivity (Wildman–Crippen MR) is 279 cm³/mol. The lowest BCUT2D eigenvalue weighted by Gasteiger charge is -2.30. The van der Waals surface area contributed by atoms with Crippen LogP contribution in [0.5, 0.6) is 11.5 Å². The molecule has 5 amide bonds. The number of benzene rings is 4. The van der Waals surface area contributed by atoms with Crippen molar-refractivity contribution in [2.24, 2.45) is 0 Å². The van der Waals surface area contributed by atoms with E-state index in [1.165, 1.54) is 70.4 Å². The van der Waals surface area contributed by atoms with Gasteiger partial charge in [-0.1, -0.05) is 116 Å². The minimum Gasteiger partial charge on any atom is -0.508 e. The van der Waals surface area contributed by atoms with Crippen molar-refractivity contribution in [1.29, 1.82) is 0 Å². The molecule has 3 heterocycles. The van der Waals surface area contributed by atoms with Gasteiger partial charge in [0, 0.05) is 93.6 Å². The number of aryl methyl sites for hydroxylation is 4. The number of para-hydroxylation sites is 1. The molecule has 68 heavy (non-hydrogen) atoms. The third kappa shape index (κ3) is 33.7. The SMILES string of the molecule is CC(=O)N(C)C.CN(C)C(=O)N(C)C.Cc1cccc(O)c1.Cc1ccccc1.Cc1ccccc1C.O=C1CCCN1.O=C1CCCN1C1CCCCC1.Oc1ccccc1.c1ccncc1. The zero-order valence-corrected chi connectivity index (χ0v) is 42.9. The summed E-state index contributed by atoms with van der Waals surface area (Å²) in [6, 6.07) is 40.8. The number of likely N-dealkylation sites (tertiary alicyclic amines) is 1. The molecule has 0 atom stereocenters. The quantitative estimate of drug-likeness (QED) is 0.152. The molecule has 1 saturated carbocycles. The summed E-state index contributed by atoms with van der Waals surface area (Å²) in [7, 11) is 10.3. The van der Waals surface area contributed by atoms with Crippen LogP contribution >= 0.6 is 0 Å². The molecule has 0 unspecified atom stereocenters. The summed E-state index contributed by atoms with van der Waals surface area (Å²) in [5, 5.41) is 20.1. The van der Waals surface area contributed by atoms with Crippen molar-refractivity contribution >= 4 is 23.8 Å². The lowest BCUT2D eigenvalue weighted by molar-refractivity contribution is -0.130. The van der Waals surface area contributed by atoms with Gasteiger partial charge in [0.15, 0.2) is 0 Å². The van der Waals surface area contributed by atoms with Gasteiger partial charge in [0.25, 0.3) is 0 Å². The van der Waals surface area contributed by atoms with Crippen molar-refractivity contribution in [3.8, 4) is 11.5 Å². The molecule has 4 aromatic carbocycles. The number of nitrogens with zero attached hydrogens (tertiary/aromatic N) is 5. The van der Waals surface area contributed by atoms with Crippen molar-refractivity contribution in [3.05, 3.63) is 162 Å². The van der Waals surface area contributed by atoms with Gasteiger partial charge in [0.2, 0.25) is 17.7 Å². The Morgan fingerprint density at radius 3 is 1.29 bits per heavy atom. The number of aromatic hydroxyl groups is 2. The average Bonchev–Trinajstić information content (AvgIpc) is 4.00. The summed E-state index contributed by atoms with van der Waals surface area (Å²) in [5.41, 5.74) is 5.15. The molecule has 1 aliphatic carbocycles. The highest BCUT2D eigenvalue weighted by Gasteiger charge is 2.28. The molecule has 1 aromatic heterocycles. The van der Waals surface area contributed by atoms with E-state index in [1.54, 1.807) is 91.1 Å². The number of pyridine rings is 1. The fourth-order valence-electron chi connectivity index (χ4n) is 5.98. The number of amides is 5. The van der Waals surface area contributed by atoms with Gasteiger partial charge in [-0.2, -0.15) is 0 Å². The number of hydrogen-bond acceptors (Lipinski definition) is 7. The molecule has 3 fully saturated rings. The number of phenols is 2. The highest BCUT2D eigenvalue weighted by Crippen LogP contribution is 2.26. The fourth-order valence-corrected chi connectivity index (χ4v) is 5.98. The van der Waals surface area contributed by atoms with Gasteiger partial charge < -0.3 is 35.1 Å². The number of urea groups is 1. The molecule has 0 spiro atoms. The van der Waals surface area contributed by atoms with Crippen LogP contribution in [-0.2, 0) is 14.4 Å². The Morgan fingerprint density at radius 1 is 0.574 bits per heavy atom. The minimum atomic E-state index is 0.0185. The van der Waals surface area contributed by atoms with E-state index in [2.05, 4.69) is 72.4 Å². The summed E-state index contributed by atoms with van der Waals surface area (Å²) in [6.45, 7) is 11.7. The molecule has 12 nitrogen and oxygen atoms in total. The van der Waals surface area contributed by atoms with E-state index in [-0.39, 0.29) is 17.8 Å². The van der Waals surface area contributed by atoms with Crippen molar-refractivity contribution in [1.82, 2.24) is 29.9 Å². The van der Waals surface area contributed by atoms with Crippen LogP contribution in [0.2, 0.25) is 0 Å². The van der Waals surface area contributed by atoms with E-state index in [4.69, 9.17) is 10.2 Å². The van der Waals surface area contributed by atoms with E-state index in [0.717, 1.165) is 44.3 Å². The van der Waals surface area contributed by atoms with Gasteiger partial charge in [-0.05, 0) is 106 Å². The maximum atomic E-state index is 11.4. The molecular weight excluding hydrogens is 853 g/mol. The number of hydrogen-bond donors (Lipinski definition) is 3. The topological polar surface area (TPSA) is 147 Å². The highest BCUT2D eigenvalue weighted by atomic mass is 16.3. The van der Waals surface area contributed by atoms with Crippen LogP contribution in [0.3, 0.4) is 0 Å². The van der Waals surface area contributed by atoms with Crippen molar-refractivity contribution in [2.75, 3.05) is 55.4 Å². The zero-order valence-electron chi connectivity index (χ0n) is 42.9. The lowest BCUT2D eigenvalue weighted by atomic mass is 9.94. The van der Waals surface area contributed by atoms with Gasteiger partial charge in [0.05, 0.1) is 0 Å². The Labute approximate surface area is 409 Å². The second-order valence-corrected chi connectivity index (χ2v) is 16.9. The van der Waals surface area contributed by atoms with E-state index in [0.29, 0.717) is 23.4 Å². The Morgan fingerprint density at radius 2 is 1.04 bits per heavy atom. The van der Waals surface area contributed by atoms with E-state index in [9.17, 15) is 19.2 Å². The number of nitrogens with one attached hydrogen (secondary N) is 1. The standard InChI is InChI=1S/C10H17NO.C8H10.C7H8O.C7H8.C6H6O.C5H12N2O.C5H5N.C4H7NO.C4H9NO/c12-10-7-4-8-11(10)9-5-2-1-3-6-9;1-7-5-3-4-6-8(7)2;1-6-3-2-4-7(8)5-6;1-7-5-3-2-4-6-7;7-6-4-2-1-3-5-6;1-6(2)5(8)7(3)4;1-2-4-6-5-3-1;6-4-2-1-3-5-4;1-4(6)5(2)3/h9H,1-8H2;3-6H,1-2H3;2-5,8H,1H3;2-6H,1H3;1-5,7H;1-4H3;1-5H;1-3H2,(H,5,6);1-3H3. The van der Waals surface area contributed by atoms with Crippen LogP contribution in [0, 0.1) is 27.7 Å². The molecule has 5 aromatic rings. The minimum absolute atomic E-state index is 0.0185. The number of carbonyl (C=O) groups is 4. The molecule has 3 N–H and O–H groups in total. The number of aromatic nitrogens is 1. The third-order valence-electron chi connectivity index (χ3n) is 10.1. The molecule has 12 heteroatoms. The molecule has 2 saturated heterocycles. The number of rotatable bonds is 1. The Kier molecular flexibility index (Phi) is 34.6. The van der Waals surface area contributed by atoms with Crippen LogP contribution in [0.4, 0.5) is 4.79 Å². The normalized spacial score (nSPS) is 12.9. The van der Waals surface area contributed by atoms with Crippen molar-refractivity contribution < 1.29 is 29.4 Å².